The number of rotatable bonds is 5. The number of hydrogen-bond acceptors (Lipinski definition) is 4. The smallest absolute Gasteiger partial charge is 0.279 e. The molecule has 0 spiro atoms. The van der Waals surface area contributed by atoms with Crippen LogP contribution in [0.2, 0.25) is 0 Å². The zero-order chi connectivity index (χ0) is 15.6. The fourth-order valence-electron chi connectivity index (χ4n) is 1.67. The summed E-state index contributed by atoms with van der Waals surface area (Å²) in [6.45, 7) is 0.234. The first kappa shape index (κ1) is 15.9. The molecule has 0 aliphatic carbocycles. The van der Waals surface area contributed by atoms with E-state index in [1.807, 2.05) is 4.72 Å². The van der Waals surface area contributed by atoms with Crippen molar-refractivity contribution in [3.8, 4) is 0 Å². The molecule has 1 aromatic carbocycles. The summed E-state index contributed by atoms with van der Waals surface area (Å²) in [7, 11) is -2.55. The second-order valence-electron chi connectivity index (χ2n) is 4.10. The average molecular weight is 381 g/mol. The lowest BCUT2D eigenvalue weighted by Crippen LogP contribution is -2.18. The molecule has 10 heteroatoms. The van der Waals surface area contributed by atoms with Crippen LogP contribution in [-0.2, 0) is 16.6 Å². The van der Waals surface area contributed by atoms with E-state index in [9.17, 15) is 17.2 Å². The minimum atomic E-state index is -4.18. The molecule has 3 N–H and O–H groups in total. The third-order valence-corrected chi connectivity index (χ3v) is 4.38. The van der Waals surface area contributed by atoms with Gasteiger partial charge in [-0.05, 0) is 19.2 Å². The summed E-state index contributed by atoms with van der Waals surface area (Å²) in [6.07, 6.45) is 1.32. The topological polar surface area (TPSA) is 86.9 Å². The first-order valence-corrected chi connectivity index (χ1v) is 7.97. The molecule has 0 unspecified atom stereocenters. The van der Waals surface area contributed by atoms with Crippen molar-refractivity contribution in [2.75, 3.05) is 11.8 Å². The SMILES string of the molecule is CNCc1cn[nH]c1S(=O)(=O)Nc1c(F)cc(Br)cc1F. The van der Waals surface area contributed by atoms with Crippen LogP contribution in [-0.4, -0.2) is 25.7 Å². The molecule has 0 amide bonds. The second kappa shape index (κ2) is 6.08. The van der Waals surface area contributed by atoms with E-state index in [-0.39, 0.29) is 16.0 Å². The molecule has 2 aromatic rings. The zero-order valence-electron chi connectivity index (χ0n) is 10.7. The molecular weight excluding hydrogens is 370 g/mol. The van der Waals surface area contributed by atoms with Gasteiger partial charge in [0.2, 0.25) is 0 Å². The van der Waals surface area contributed by atoms with E-state index in [4.69, 9.17) is 0 Å². The molecule has 6 nitrogen and oxygen atoms in total. The van der Waals surface area contributed by atoms with Crippen LogP contribution in [0, 0.1) is 11.6 Å². The Morgan fingerprint density at radius 1 is 1.33 bits per heavy atom. The van der Waals surface area contributed by atoms with E-state index in [1.54, 1.807) is 7.05 Å². The molecule has 0 aliphatic rings. The largest absolute Gasteiger partial charge is 0.316 e. The van der Waals surface area contributed by atoms with Gasteiger partial charge in [0.15, 0.2) is 16.7 Å². The van der Waals surface area contributed by atoms with Gasteiger partial charge >= 0.3 is 0 Å². The number of nitrogens with zero attached hydrogens (tertiary/aromatic N) is 1. The highest BCUT2D eigenvalue weighted by Gasteiger charge is 2.24. The number of aromatic amines is 1. The lowest BCUT2D eigenvalue weighted by molar-refractivity contribution is 0.579. The molecule has 0 bridgehead atoms. The highest BCUT2D eigenvalue weighted by Crippen LogP contribution is 2.26. The van der Waals surface area contributed by atoms with Gasteiger partial charge in [-0.3, -0.25) is 9.82 Å². The number of nitrogens with one attached hydrogen (secondary N) is 3. The Morgan fingerprint density at radius 2 is 1.95 bits per heavy atom. The molecule has 0 aliphatic heterocycles. The molecule has 1 heterocycles. The predicted octanol–water partition coefficient (Wildman–Crippen LogP) is 1.97. The van der Waals surface area contributed by atoms with Gasteiger partial charge in [0.1, 0.15) is 5.69 Å². The maximum absolute atomic E-state index is 13.7. The van der Waals surface area contributed by atoms with Crippen molar-refractivity contribution in [1.29, 1.82) is 0 Å². The highest BCUT2D eigenvalue weighted by atomic mass is 79.9. The van der Waals surface area contributed by atoms with E-state index in [1.165, 1.54) is 6.20 Å². The van der Waals surface area contributed by atoms with Crippen molar-refractivity contribution in [3.05, 3.63) is 40.0 Å². The summed E-state index contributed by atoms with van der Waals surface area (Å²) in [5.41, 5.74) is -0.397. The number of anilines is 1. The predicted molar refractivity (Wildman–Crippen MR) is 76.2 cm³/mol. The molecule has 0 saturated heterocycles. The normalized spacial score (nSPS) is 11.6. The van der Waals surface area contributed by atoms with Gasteiger partial charge in [-0.15, -0.1) is 0 Å². The Labute approximate surface area is 128 Å². The standard InChI is InChI=1S/C11H11BrF2N4O2S/c1-15-4-6-5-16-17-11(6)21(19,20)18-10-8(13)2-7(12)3-9(10)14/h2-3,5,15,18H,4H2,1H3,(H,16,17). The van der Waals surface area contributed by atoms with Crippen LogP contribution in [0.3, 0.4) is 0 Å². The molecule has 21 heavy (non-hydrogen) atoms. The van der Waals surface area contributed by atoms with Crippen LogP contribution < -0.4 is 10.0 Å². The van der Waals surface area contributed by atoms with Gasteiger partial charge < -0.3 is 5.32 Å². The van der Waals surface area contributed by atoms with Gasteiger partial charge in [0.25, 0.3) is 10.0 Å². The molecule has 0 saturated carbocycles. The fraction of sp³-hybridized carbons (Fsp3) is 0.182. The number of benzene rings is 1. The summed E-state index contributed by atoms with van der Waals surface area (Å²) in [4.78, 5) is 0. The number of halogens is 3. The number of H-pyrrole nitrogens is 1. The number of aromatic nitrogens is 2. The van der Waals surface area contributed by atoms with Gasteiger partial charge in [-0.25, -0.2) is 8.78 Å². The molecule has 0 atom stereocenters. The van der Waals surface area contributed by atoms with E-state index >= 15 is 0 Å². The van der Waals surface area contributed by atoms with Crippen molar-refractivity contribution < 1.29 is 17.2 Å². The van der Waals surface area contributed by atoms with E-state index in [0.29, 0.717) is 5.56 Å². The molecular formula is C11H11BrF2N4O2S. The van der Waals surface area contributed by atoms with Gasteiger partial charge in [0.05, 0.1) is 6.20 Å². The van der Waals surface area contributed by atoms with E-state index in [0.717, 1.165) is 12.1 Å². The minimum Gasteiger partial charge on any atom is -0.316 e. The van der Waals surface area contributed by atoms with Crippen molar-refractivity contribution >= 4 is 31.6 Å². The summed E-state index contributed by atoms with van der Waals surface area (Å²) in [6, 6.07) is 1.92. The maximum atomic E-state index is 13.7. The van der Waals surface area contributed by atoms with Crippen LogP contribution in [0.15, 0.2) is 27.8 Å². The van der Waals surface area contributed by atoms with E-state index < -0.39 is 27.3 Å². The fourth-order valence-corrected chi connectivity index (χ4v) is 3.28. The van der Waals surface area contributed by atoms with Crippen LogP contribution >= 0.6 is 15.9 Å². The monoisotopic (exact) mass is 380 g/mol. The maximum Gasteiger partial charge on any atom is 0.279 e. The van der Waals surface area contributed by atoms with Crippen molar-refractivity contribution in [3.63, 3.8) is 0 Å². The molecule has 0 fully saturated rings. The average Bonchev–Trinajstić information content (AvgIpc) is 2.83. The van der Waals surface area contributed by atoms with Crippen LogP contribution in [0.1, 0.15) is 5.56 Å². The molecule has 114 valence electrons. The van der Waals surface area contributed by atoms with Gasteiger partial charge in [-0.1, -0.05) is 15.9 Å². The van der Waals surface area contributed by atoms with Crippen LogP contribution in [0.25, 0.3) is 0 Å². The van der Waals surface area contributed by atoms with Crippen molar-refractivity contribution in [1.82, 2.24) is 15.5 Å². The third kappa shape index (κ3) is 3.39. The molecule has 2 rings (SSSR count). The van der Waals surface area contributed by atoms with Gasteiger partial charge in [0, 0.05) is 16.6 Å². The lowest BCUT2D eigenvalue weighted by Gasteiger charge is -2.10. The van der Waals surface area contributed by atoms with E-state index in [2.05, 4.69) is 31.4 Å². The molecule has 0 radical (unpaired) electrons. The summed E-state index contributed by atoms with van der Waals surface area (Å²) in [5.74, 6) is -2.06. The lowest BCUT2D eigenvalue weighted by atomic mass is 10.3. The quantitative estimate of drug-likeness (QED) is 0.739. The summed E-state index contributed by atoms with van der Waals surface area (Å²) >= 11 is 2.92. The Hall–Kier alpha value is -1.52. The van der Waals surface area contributed by atoms with Crippen molar-refractivity contribution in [2.45, 2.75) is 11.6 Å². The first-order chi connectivity index (χ1) is 9.85. The Bertz CT molecular complexity index is 740. The second-order valence-corrected chi connectivity index (χ2v) is 6.64. The number of hydrogen-bond donors (Lipinski definition) is 3. The Morgan fingerprint density at radius 3 is 2.52 bits per heavy atom. The first-order valence-electron chi connectivity index (χ1n) is 5.69. The summed E-state index contributed by atoms with van der Waals surface area (Å²) < 4.78 is 53.8. The van der Waals surface area contributed by atoms with Gasteiger partial charge in [-0.2, -0.15) is 13.5 Å². The highest BCUT2D eigenvalue weighted by molar-refractivity contribution is 9.10. The van der Waals surface area contributed by atoms with Crippen LogP contribution in [0.5, 0.6) is 0 Å². The zero-order valence-corrected chi connectivity index (χ0v) is 13.1. The number of sulfonamides is 1. The van der Waals surface area contributed by atoms with Crippen LogP contribution in [0.4, 0.5) is 14.5 Å². The summed E-state index contributed by atoms with van der Waals surface area (Å²) in [5, 5.41) is 8.45. The third-order valence-electron chi connectivity index (χ3n) is 2.56. The molecule has 1 aromatic heterocycles. The Balaban J connectivity index is 2.40. The minimum absolute atomic E-state index is 0.165. The Kier molecular flexibility index (Phi) is 4.59. The van der Waals surface area contributed by atoms with Crippen molar-refractivity contribution in [2.24, 2.45) is 0 Å².